The molecule has 0 unspecified atom stereocenters. The first-order valence-electron chi connectivity index (χ1n) is 5.13. The van der Waals surface area contributed by atoms with Gasteiger partial charge in [-0.3, -0.25) is 4.79 Å². The Bertz CT molecular complexity index is 583. The number of hydrogen-bond acceptors (Lipinski definition) is 3. The molecule has 0 saturated carbocycles. The van der Waals surface area contributed by atoms with Crippen molar-refractivity contribution in [1.29, 1.82) is 0 Å². The van der Waals surface area contributed by atoms with Crippen molar-refractivity contribution in [3.8, 4) is 0 Å². The third-order valence-corrected chi connectivity index (χ3v) is 2.53. The molecule has 3 N–H and O–H groups in total. The van der Waals surface area contributed by atoms with Gasteiger partial charge in [-0.1, -0.05) is 0 Å². The second kappa shape index (κ2) is 5.10. The van der Waals surface area contributed by atoms with Crippen molar-refractivity contribution in [2.75, 3.05) is 5.32 Å². The Morgan fingerprint density at radius 3 is 2.78 bits per heavy atom. The molecule has 0 bridgehead atoms. The van der Waals surface area contributed by atoms with E-state index in [2.05, 4.69) is 5.32 Å². The van der Waals surface area contributed by atoms with Crippen LogP contribution in [-0.2, 0) is 6.54 Å². The highest BCUT2D eigenvalue weighted by atomic mass is 35.5. The summed E-state index contributed by atoms with van der Waals surface area (Å²) in [4.78, 5) is 11.0. The first-order valence-corrected chi connectivity index (χ1v) is 5.51. The molecule has 0 aliphatic carbocycles. The minimum atomic E-state index is -0.808. The van der Waals surface area contributed by atoms with Crippen LogP contribution in [0.1, 0.15) is 16.1 Å². The second-order valence-electron chi connectivity index (χ2n) is 3.62. The highest BCUT2D eigenvalue weighted by molar-refractivity contribution is 6.28. The van der Waals surface area contributed by atoms with Gasteiger partial charge in [-0.15, -0.1) is 0 Å². The fourth-order valence-electron chi connectivity index (χ4n) is 1.46. The maximum atomic E-state index is 13.2. The van der Waals surface area contributed by atoms with Crippen LogP contribution in [0.25, 0.3) is 0 Å². The fraction of sp³-hybridized carbons (Fsp3) is 0.0833. The Kier molecular flexibility index (Phi) is 3.53. The Morgan fingerprint density at radius 2 is 2.17 bits per heavy atom. The molecule has 0 atom stereocenters. The van der Waals surface area contributed by atoms with E-state index >= 15 is 0 Å². The van der Waals surface area contributed by atoms with Gasteiger partial charge in [-0.2, -0.15) is 0 Å². The van der Waals surface area contributed by atoms with E-state index in [9.17, 15) is 9.18 Å². The van der Waals surface area contributed by atoms with Crippen molar-refractivity contribution in [2.45, 2.75) is 6.54 Å². The first-order chi connectivity index (χ1) is 8.56. The Balaban J connectivity index is 2.10. The summed E-state index contributed by atoms with van der Waals surface area (Å²) in [6.45, 7) is 0.372. The van der Waals surface area contributed by atoms with Crippen molar-refractivity contribution in [3.63, 3.8) is 0 Å². The zero-order valence-electron chi connectivity index (χ0n) is 9.24. The van der Waals surface area contributed by atoms with Crippen LogP contribution in [0.2, 0.25) is 5.22 Å². The zero-order valence-corrected chi connectivity index (χ0v) is 10.00. The summed E-state index contributed by atoms with van der Waals surface area (Å²) in [5.41, 5.74) is 5.46. The topological polar surface area (TPSA) is 68.3 Å². The van der Waals surface area contributed by atoms with Crippen LogP contribution in [0.4, 0.5) is 10.1 Å². The fourth-order valence-corrected chi connectivity index (χ4v) is 1.62. The average molecular weight is 269 g/mol. The van der Waals surface area contributed by atoms with E-state index in [-0.39, 0.29) is 5.56 Å². The molecular formula is C12H10ClFN2O2. The quantitative estimate of drug-likeness (QED) is 0.896. The van der Waals surface area contributed by atoms with Crippen LogP contribution in [0.3, 0.4) is 0 Å². The van der Waals surface area contributed by atoms with E-state index in [1.54, 1.807) is 12.1 Å². The summed E-state index contributed by atoms with van der Waals surface area (Å²) in [6, 6.07) is 7.37. The summed E-state index contributed by atoms with van der Waals surface area (Å²) in [6.07, 6.45) is 0. The lowest BCUT2D eigenvalue weighted by Crippen LogP contribution is -2.13. The number of primary amides is 1. The van der Waals surface area contributed by atoms with E-state index in [0.29, 0.717) is 23.2 Å². The Labute approximate surface area is 108 Å². The number of furan rings is 1. The number of carbonyl (C=O) groups excluding carboxylic acids is 1. The third-order valence-electron chi connectivity index (χ3n) is 2.33. The smallest absolute Gasteiger partial charge is 0.251 e. The van der Waals surface area contributed by atoms with Gasteiger partial charge in [-0.25, -0.2) is 4.39 Å². The van der Waals surface area contributed by atoms with Crippen LogP contribution >= 0.6 is 11.6 Å². The molecule has 94 valence electrons. The monoisotopic (exact) mass is 268 g/mol. The van der Waals surface area contributed by atoms with Crippen molar-refractivity contribution < 1.29 is 13.6 Å². The van der Waals surface area contributed by atoms with Gasteiger partial charge in [0.15, 0.2) is 5.22 Å². The van der Waals surface area contributed by atoms with E-state index in [4.69, 9.17) is 21.8 Å². The minimum Gasteiger partial charge on any atom is -0.448 e. The summed E-state index contributed by atoms with van der Waals surface area (Å²) in [5.74, 6) is -0.823. The Morgan fingerprint density at radius 1 is 1.39 bits per heavy atom. The summed E-state index contributed by atoms with van der Waals surface area (Å²) >= 11 is 5.62. The number of hydrogen-bond donors (Lipinski definition) is 2. The molecule has 0 aliphatic heterocycles. The molecule has 0 spiro atoms. The number of rotatable bonds is 4. The number of carbonyl (C=O) groups is 1. The van der Waals surface area contributed by atoms with Gasteiger partial charge in [0.2, 0.25) is 0 Å². The molecule has 4 nitrogen and oxygen atoms in total. The largest absolute Gasteiger partial charge is 0.448 e. The van der Waals surface area contributed by atoms with E-state index < -0.39 is 11.7 Å². The molecule has 1 aromatic carbocycles. The highest BCUT2D eigenvalue weighted by Gasteiger charge is 2.09. The zero-order chi connectivity index (χ0) is 13.1. The number of nitrogens with one attached hydrogen (secondary N) is 1. The molecule has 1 aromatic heterocycles. The maximum Gasteiger partial charge on any atom is 0.251 e. The highest BCUT2D eigenvalue weighted by Crippen LogP contribution is 2.17. The third kappa shape index (κ3) is 2.81. The molecule has 1 amide bonds. The van der Waals surface area contributed by atoms with Gasteiger partial charge in [0.25, 0.3) is 5.91 Å². The number of anilines is 1. The van der Waals surface area contributed by atoms with Gasteiger partial charge >= 0.3 is 0 Å². The van der Waals surface area contributed by atoms with Gasteiger partial charge in [0.1, 0.15) is 11.6 Å². The SMILES string of the molecule is NC(=O)c1cc(NCc2ccc(Cl)o2)ccc1F. The number of nitrogens with two attached hydrogens (primary N) is 1. The van der Waals surface area contributed by atoms with Gasteiger partial charge in [0.05, 0.1) is 12.1 Å². The molecule has 0 radical (unpaired) electrons. The molecule has 0 saturated heterocycles. The summed E-state index contributed by atoms with van der Waals surface area (Å²) in [5, 5.41) is 3.27. The molecule has 18 heavy (non-hydrogen) atoms. The lowest BCUT2D eigenvalue weighted by Gasteiger charge is -2.06. The molecule has 2 rings (SSSR count). The number of halogens is 2. The maximum absolute atomic E-state index is 13.2. The second-order valence-corrected chi connectivity index (χ2v) is 3.99. The number of benzene rings is 1. The van der Waals surface area contributed by atoms with E-state index in [1.807, 2.05) is 0 Å². The molecular weight excluding hydrogens is 259 g/mol. The van der Waals surface area contributed by atoms with Crippen molar-refractivity contribution >= 4 is 23.2 Å². The van der Waals surface area contributed by atoms with Crippen LogP contribution in [-0.4, -0.2) is 5.91 Å². The van der Waals surface area contributed by atoms with Crippen LogP contribution < -0.4 is 11.1 Å². The normalized spacial score (nSPS) is 10.3. The molecule has 0 aliphatic rings. The van der Waals surface area contributed by atoms with E-state index in [1.165, 1.54) is 18.2 Å². The van der Waals surface area contributed by atoms with Crippen molar-refractivity contribution in [3.05, 3.63) is 52.7 Å². The van der Waals surface area contributed by atoms with Gasteiger partial charge in [-0.05, 0) is 41.9 Å². The van der Waals surface area contributed by atoms with Crippen LogP contribution in [0.5, 0.6) is 0 Å². The van der Waals surface area contributed by atoms with Crippen molar-refractivity contribution in [1.82, 2.24) is 0 Å². The average Bonchev–Trinajstić information content (AvgIpc) is 2.74. The van der Waals surface area contributed by atoms with Crippen LogP contribution in [0.15, 0.2) is 34.7 Å². The standard InChI is InChI=1S/C12H10ClFN2O2/c13-11-4-2-8(18-11)6-16-7-1-3-10(14)9(5-7)12(15)17/h1-5,16H,6H2,(H2,15,17). The molecule has 1 heterocycles. The van der Waals surface area contributed by atoms with Crippen LogP contribution in [0, 0.1) is 5.82 Å². The predicted octanol–water partition coefficient (Wildman–Crippen LogP) is 2.78. The Hall–Kier alpha value is -2.01. The van der Waals surface area contributed by atoms with Gasteiger partial charge in [0, 0.05) is 5.69 Å². The first kappa shape index (κ1) is 12.4. The van der Waals surface area contributed by atoms with E-state index in [0.717, 1.165) is 0 Å². The number of amides is 1. The lowest BCUT2D eigenvalue weighted by molar-refractivity contribution is 0.0996. The lowest BCUT2D eigenvalue weighted by atomic mass is 10.2. The molecule has 6 heteroatoms. The minimum absolute atomic E-state index is 0.155. The van der Waals surface area contributed by atoms with Gasteiger partial charge < -0.3 is 15.5 Å². The molecule has 0 fully saturated rings. The van der Waals surface area contributed by atoms with Crippen molar-refractivity contribution in [2.24, 2.45) is 5.73 Å². The predicted molar refractivity (Wildman–Crippen MR) is 66.0 cm³/mol. The summed E-state index contributed by atoms with van der Waals surface area (Å²) in [7, 11) is 0. The molecule has 2 aromatic rings. The summed E-state index contributed by atoms with van der Waals surface area (Å²) < 4.78 is 18.4.